The van der Waals surface area contributed by atoms with Gasteiger partial charge in [-0.2, -0.15) is 0 Å². The van der Waals surface area contributed by atoms with Crippen LogP contribution in [-0.2, 0) is 13.3 Å². The van der Waals surface area contributed by atoms with E-state index in [9.17, 15) is 5.11 Å². The summed E-state index contributed by atoms with van der Waals surface area (Å²) in [6.07, 6.45) is -0.478. The van der Waals surface area contributed by atoms with Gasteiger partial charge in [-0.15, -0.1) is 0 Å². The highest BCUT2D eigenvalue weighted by atomic mass is 28.4. The lowest BCUT2D eigenvalue weighted by molar-refractivity contribution is 0.0551. The largest absolute Gasteiger partial charge is 0.501 e. The van der Waals surface area contributed by atoms with Gasteiger partial charge in [0.25, 0.3) is 0 Å². The molecule has 0 bridgehead atoms. The number of hydrogen-bond acceptors (Lipinski definition) is 5. The summed E-state index contributed by atoms with van der Waals surface area (Å²) in [5.41, 5.74) is 5.66. The van der Waals surface area contributed by atoms with Crippen LogP contribution in [0.4, 0.5) is 0 Å². The van der Waals surface area contributed by atoms with Crippen LogP contribution in [0.15, 0.2) is 0 Å². The third-order valence-electron chi connectivity index (χ3n) is 2.59. The third kappa shape index (κ3) is 5.94. The van der Waals surface area contributed by atoms with Crippen molar-refractivity contribution in [2.45, 2.75) is 39.8 Å². The molecule has 0 aromatic rings. The minimum Gasteiger partial charge on any atom is -0.393 e. The number of hydrogen-bond donors (Lipinski definition) is 2. The van der Waals surface area contributed by atoms with Crippen molar-refractivity contribution in [1.29, 1.82) is 0 Å². The Morgan fingerprint density at radius 3 is 1.71 bits per heavy atom. The summed E-state index contributed by atoms with van der Waals surface area (Å²) < 4.78 is 17.2. The molecule has 0 spiro atoms. The van der Waals surface area contributed by atoms with E-state index in [1.54, 1.807) is 6.92 Å². The first kappa shape index (κ1) is 17.0. The second kappa shape index (κ2) is 9.01. The molecule has 2 unspecified atom stereocenters. The Hall–Kier alpha value is 0.0169. The van der Waals surface area contributed by atoms with E-state index >= 15 is 0 Å². The van der Waals surface area contributed by atoms with Crippen molar-refractivity contribution in [3.8, 4) is 0 Å². The van der Waals surface area contributed by atoms with Gasteiger partial charge in [0.05, 0.1) is 6.10 Å². The zero-order chi connectivity index (χ0) is 13.3. The maximum Gasteiger partial charge on any atom is 0.501 e. The van der Waals surface area contributed by atoms with E-state index in [0.717, 1.165) is 0 Å². The van der Waals surface area contributed by atoms with Gasteiger partial charge in [0, 0.05) is 31.8 Å². The average Bonchev–Trinajstić information content (AvgIpc) is 2.26. The van der Waals surface area contributed by atoms with Crippen LogP contribution < -0.4 is 5.73 Å². The molecule has 0 aromatic carbocycles. The molecule has 0 aliphatic rings. The fraction of sp³-hybridized carbons (Fsp3) is 1.00. The maximum absolute atomic E-state index is 9.66. The van der Waals surface area contributed by atoms with Crippen LogP contribution in [0.2, 0.25) is 6.04 Å². The first-order valence-electron chi connectivity index (χ1n) is 6.35. The van der Waals surface area contributed by atoms with Gasteiger partial charge >= 0.3 is 8.80 Å². The highest BCUT2D eigenvalue weighted by Crippen LogP contribution is 2.23. The Kier molecular flexibility index (Phi) is 9.02. The number of aliphatic hydroxyl groups excluding tert-OH is 1. The smallest absolute Gasteiger partial charge is 0.393 e. The lowest BCUT2D eigenvalue weighted by Crippen LogP contribution is -2.49. The van der Waals surface area contributed by atoms with Crippen molar-refractivity contribution in [2.75, 3.05) is 26.4 Å². The van der Waals surface area contributed by atoms with Crippen molar-refractivity contribution >= 4 is 8.80 Å². The van der Waals surface area contributed by atoms with Crippen molar-refractivity contribution in [3.05, 3.63) is 0 Å². The predicted octanol–water partition coefficient (Wildman–Crippen LogP) is 0.991. The van der Waals surface area contributed by atoms with Crippen LogP contribution in [-0.4, -0.2) is 46.4 Å². The maximum atomic E-state index is 9.66. The van der Waals surface area contributed by atoms with E-state index in [2.05, 4.69) is 0 Å². The van der Waals surface area contributed by atoms with Crippen LogP contribution in [0.5, 0.6) is 0 Å². The molecule has 6 heteroatoms. The van der Waals surface area contributed by atoms with E-state index in [4.69, 9.17) is 19.0 Å². The van der Waals surface area contributed by atoms with Gasteiger partial charge in [0.1, 0.15) is 0 Å². The Balaban J connectivity index is 4.72. The second-order valence-corrected chi connectivity index (χ2v) is 6.56. The quantitative estimate of drug-likeness (QED) is 0.576. The van der Waals surface area contributed by atoms with Crippen LogP contribution >= 0.6 is 0 Å². The summed E-state index contributed by atoms with van der Waals surface area (Å²) in [4.78, 5) is 0. The molecule has 0 aliphatic carbocycles. The van der Waals surface area contributed by atoms with Gasteiger partial charge in [0.2, 0.25) is 0 Å². The Bertz CT molecular complexity index is 175. The van der Waals surface area contributed by atoms with E-state index in [0.29, 0.717) is 32.4 Å². The summed E-state index contributed by atoms with van der Waals surface area (Å²) >= 11 is 0. The van der Waals surface area contributed by atoms with Gasteiger partial charge in [-0.1, -0.05) is 0 Å². The van der Waals surface area contributed by atoms with Crippen molar-refractivity contribution < 1.29 is 18.4 Å². The first-order valence-corrected chi connectivity index (χ1v) is 8.28. The molecule has 0 amide bonds. The molecule has 0 radical (unpaired) electrons. The zero-order valence-electron chi connectivity index (χ0n) is 11.4. The summed E-state index contributed by atoms with van der Waals surface area (Å²) in [5.74, 6) is -0.0497. The van der Waals surface area contributed by atoms with Crippen LogP contribution in [0.1, 0.15) is 27.7 Å². The summed E-state index contributed by atoms with van der Waals surface area (Å²) in [5, 5.41) is 9.66. The van der Waals surface area contributed by atoms with Gasteiger partial charge in [-0.3, -0.25) is 0 Å². The normalized spacial score (nSPS) is 15.9. The molecular formula is C11H27NO4Si. The van der Waals surface area contributed by atoms with E-state index < -0.39 is 14.9 Å². The minimum atomic E-state index is -2.68. The lowest BCUT2D eigenvalue weighted by Gasteiger charge is -2.32. The zero-order valence-corrected chi connectivity index (χ0v) is 12.4. The van der Waals surface area contributed by atoms with Crippen LogP contribution in [0, 0.1) is 5.92 Å². The molecule has 104 valence electrons. The predicted molar refractivity (Wildman–Crippen MR) is 69.7 cm³/mol. The molecule has 17 heavy (non-hydrogen) atoms. The molecule has 5 nitrogen and oxygen atoms in total. The Labute approximate surface area is 106 Å². The summed E-state index contributed by atoms with van der Waals surface area (Å²) in [6, 6.07) is 0.566. The average molecular weight is 265 g/mol. The second-order valence-electron chi connectivity index (χ2n) is 3.92. The molecule has 0 heterocycles. The molecule has 3 N–H and O–H groups in total. The highest BCUT2D eigenvalue weighted by molar-refractivity contribution is 6.60. The third-order valence-corrected chi connectivity index (χ3v) is 5.80. The van der Waals surface area contributed by atoms with Crippen molar-refractivity contribution in [2.24, 2.45) is 11.7 Å². The van der Waals surface area contributed by atoms with Crippen LogP contribution in [0.3, 0.4) is 0 Å². The number of aliphatic hydroxyl groups is 1. The monoisotopic (exact) mass is 265 g/mol. The highest BCUT2D eigenvalue weighted by Gasteiger charge is 2.43. The number of rotatable bonds is 10. The SMILES string of the molecule is CCO[Si](CC(CN)C(C)O)(OCC)OCC. The molecule has 0 saturated heterocycles. The van der Waals surface area contributed by atoms with Gasteiger partial charge in [-0.05, 0) is 34.2 Å². The molecule has 0 saturated carbocycles. The molecule has 0 fully saturated rings. The lowest BCUT2D eigenvalue weighted by atomic mass is 10.1. The van der Waals surface area contributed by atoms with Gasteiger partial charge in [-0.25, -0.2) is 0 Å². The summed E-state index contributed by atoms with van der Waals surface area (Å²) in [6.45, 7) is 9.52. The molecule has 0 aliphatic heterocycles. The molecule has 0 rings (SSSR count). The fourth-order valence-corrected chi connectivity index (χ4v) is 4.81. The van der Waals surface area contributed by atoms with E-state index in [1.165, 1.54) is 0 Å². The first-order chi connectivity index (χ1) is 8.05. The van der Waals surface area contributed by atoms with Gasteiger partial charge < -0.3 is 24.1 Å². The van der Waals surface area contributed by atoms with E-state index in [-0.39, 0.29) is 5.92 Å². The summed E-state index contributed by atoms with van der Waals surface area (Å²) in [7, 11) is -2.68. The molecule has 0 aromatic heterocycles. The molecular weight excluding hydrogens is 238 g/mol. The van der Waals surface area contributed by atoms with E-state index in [1.807, 2.05) is 20.8 Å². The van der Waals surface area contributed by atoms with Crippen molar-refractivity contribution in [3.63, 3.8) is 0 Å². The number of nitrogens with two attached hydrogens (primary N) is 1. The Morgan fingerprint density at radius 1 is 1.06 bits per heavy atom. The molecule has 2 atom stereocenters. The Morgan fingerprint density at radius 2 is 1.47 bits per heavy atom. The van der Waals surface area contributed by atoms with Gasteiger partial charge in [0.15, 0.2) is 0 Å². The van der Waals surface area contributed by atoms with Crippen molar-refractivity contribution in [1.82, 2.24) is 0 Å². The topological polar surface area (TPSA) is 73.9 Å². The fourth-order valence-electron chi connectivity index (χ4n) is 1.73. The van der Waals surface area contributed by atoms with Crippen LogP contribution in [0.25, 0.3) is 0 Å². The minimum absolute atomic E-state index is 0.0497. The standard InChI is InChI=1S/C11H27NO4Si/c1-5-14-17(15-6-2,16-7-3)9-11(8-12)10(4)13/h10-11,13H,5-9,12H2,1-4H3.